The molecule has 6 atom stereocenters. The molecule has 0 aromatic heterocycles. The second kappa shape index (κ2) is 16.5. The number of hydrogen-bond acceptors (Lipinski definition) is 6. The summed E-state index contributed by atoms with van der Waals surface area (Å²) in [6, 6.07) is 0. The Morgan fingerprint density at radius 2 is 1.30 bits per heavy atom. The fraction of sp³-hybridized carbons (Fsp3) is 1.00. The predicted molar refractivity (Wildman–Crippen MR) is 120 cm³/mol. The summed E-state index contributed by atoms with van der Waals surface area (Å²) in [5.41, 5.74) is -1.09. The van der Waals surface area contributed by atoms with E-state index >= 15 is 0 Å². The van der Waals surface area contributed by atoms with Gasteiger partial charge in [0.25, 0.3) is 0 Å². The van der Waals surface area contributed by atoms with Crippen LogP contribution in [0, 0.1) is 0 Å². The first-order valence-electron chi connectivity index (χ1n) is 11.9. The van der Waals surface area contributed by atoms with E-state index in [0.29, 0.717) is 13.1 Å². The van der Waals surface area contributed by atoms with Crippen LogP contribution in [-0.4, -0.2) is 78.5 Å². The molecule has 1 saturated heterocycles. The molecule has 1 unspecified atom stereocenters. The van der Waals surface area contributed by atoms with Gasteiger partial charge in [-0.15, -0.1) is 0 Å². The fourth-order valence-corrected chi connectivity index (χ4v) is 5.37. The van der Waals surface area contributed by atoms with E-state index in [-0.39, 0.29) is 0 Å². The largest absolute Gasteiger partial charge is 0.394 e. The third-order valence-corrected chi connectivity index (χ3v) is 7.46. The van der Waals surface area contributed by atoms with Gasteiger partial charge in [-0.3, -0.25) is 0 Å². The Labute approximate surface area is 185 Å². The van der Waals surface area contributed by atoms with Gasteiger partial charge in [0.05, 0.1) is 6.61 Å². The first-order chi connectivity index (χ1) is 14.5. The van der Waals surface area contributed by atoms with Gasteiger partial charge in [0.2, 0.25) is 0 Å². The van der Waals surface area contributed by atoms with Gasteiger partial charge in [0.15, 0.2) is 5.44 Å². The highest BCUT2D eigenvalue weighted by Gasteiger charge is 2.49. The highest BCUT2D eigenvalue weighted by atomic mass is 32.2. The van der Waals surface area contributed by atoms with Crippen molar-refractivity contribution >= 4 is 11.0 Å². The van der Waals surface area contributed by atoms with Crippen LogP contribution in [0.15, 0.2) is 0 Å². The lowest BCUT2D eigenvalue weighted by molar-refractivity contribution is -0.0720. The van der Waals surface area contributed by atoms with E-state index in [1.54, 1.807) is 0 Å². The van der Waals surface area contributed by atoms with Crippen molar-refractivity contribution in [2.45, 2.75) is 121 Å². The molecule has 0 amide bonds. The lowest BCUT2D eigenvalue weighted by Crippen LogP contribution is -2.42. The number of nitrogens with zero attached hydrogens (tertiary/aromatic N) is 1. The molecule has 1 aliphatic rings. The molecule has 30 heavy (non-hydrogen) atoms. The predicted octanol–water partition coefficient (Wildman–Crippen LogP) is 2.47. The van der Waals surface area contributed by atoms with Crippen LogP contribution in [0.4, 0.5) is 0 Å². The monoisotopic (exact) mass is 451 g/mol. The highest BCUT2D eigenvalue weighted by molar-refractivity contribution is 7.83. The Kier molecular flexibility index (Phi) is 15.4. The molecule has 0 saturated carbocycles. The summed E-state index contributed by atoms with van der Waals surface area (Å²) >= 11 is 0. The Morgan fingerprint density at radius 3 is 1.77 bits per heavy atom. The lowest BCUT2D eigenvalue weighted by atomic mass is 10.1. The van der Waals surface area contributed by atoms with Crippen LogP contribution in [0.5, 0.6) is 0 Å². The molecular weight excluding hydrogens is 406 g/mol. The summed E-state index contributed by atoms with van der Waals surface area (Å²) in [7, 11) is -1.63. The Balaban J connectivity index is 2.60. The molecule has 0 aliphatic carbocycles. The molecule has 0 aromatic rings. The first-order valence-corrected chi connectivity index (χ1v) is 13.1. The van der Waals surface area contributed by atoms with E-state index in [2.05, 4.69) is 13.8 Å². The SMILES string of the molecule is CCCCCCCCN(CCCCCCCC)S(=O)[C@@H]1O[C@H]([C@H](O)CO)[C@H](O)[C@H]1O. The van der Waals surface area contributed by atoms with E-state index in [1.165, 1.54) is 38.5 Å². The van der Waals surface area contributed by atoms with Crippen LogP contribution in [0.2, 0.25) is 0 Å². The minimum Gasteiger partial charge on any atom is -0.394 e. The normalized spacial score (nSPS) is 26.4. The van der Waals surface area contributed by atoms with Crippen molar-refractivity contribution in [3.8, 4) is 0 Å². The quantitative estimate of drug-likeness (QED) is 0.238. The summed E-state index contributed by atoms with van der Waals surface area (Å²) in [6.07, 6.45) is 8.48. The van der Waals surface area contributed by atoms with Gasteiger partial charge >= 0.3 is 0 Å². The Bertz CT molecular complexity index is 439. The Hall–Kier alpha value is -0.0900. The van der Waals surface area contributed by atoms with Gasteiger partial charge in [-0.05, 0) is 12.8 Å². The van der Waals surface area contributed by atoms with Crippen molar-refractivity contribution < 1.29 is 29.4 Å². The van der Waals surface area contributed by atoms with Crippen molar-refractivity contribution in [1.29, 1.82) is 0 Å². The van der Waals surface area contributed by atoms with Crippen LogP contribution in [0.3, 0.4) is 0 Å². The zero-order chi connectivity index (χ0) is 22.4. The number of hydrogen-bond donors (Lipinski definition) is 4. The van der Waals surface area contributed by atoms with Gasteiger partial charge < -0.3 is 25.2 Å². The molecule has 0 spiro atoms. The van der Waals surface area contributed by atoms with Gasteiger partial charge in [0.1, 0.15) is 35.4 Å². The third-order valence-electron chi connectivity index (χ3n) is 5.80. The third kappa shape index (κ3) is 9.59. The summed E-state index contributed by atoms with van der Waals surface area (Å²) in [4.78, 5) is 0. The number of ether oxygens (including phenoxy) is 1. The molecule has 4 N–H and O–H groups in total. The van der Waals surface area contributed by atoms with E-state index < -0.39 is 47.4 Å². The minimum absolute atomic E-state index is 0.590. The maximum absolute atomic E-state index is 13.2. The Morgan fingerprint density at radius 1 is 0.833 bits per heavy atom. The first kappa shape index (κ1) is 27.9. The van der Waals surface area contributed by atoms with Crippen molar-refractivity contribution in [2.75, 3.05) is 19.7 Å². The topological polar surface area (TPSA) is 110 Å². The molecule has 1 heterocycles. The van der Waals surface area contributed by atoms with Crippen LogP contribution < -0.4 is 0 Å². The maximum Gasteiger partial charge on any atom is 0.175 e. The van der Waals surface area contributed by atoms with Crippen molar-refractivity contribution in [3.05, 3.63) is 0 Å². The summed E-state index contributed by atoms with van der Waals surface area (Å²) < 4.78 is 20.6. The molecule has 0 aromatic carbocycles. The van der Waals surface area contributed by atoms with Crippen molar-refractivity contribution in [1.82, 2.24) is 4.31 Å². The van der Waals surface area contributed by atoms with Gasteiger partial charge in [-0.1, -0.05) is 78.1 Å². The highest BCUT2D eigenvalue weighted by Crippen LogP contribution is 2.27. The van der Waals surface area contributed by atoms with Crippen LogP contribution in [-0.2, 0) is 15.7 Å². The second-order valence-corrected chi connectivity index (χ2v) is 9.97. The van der Waals surface area contributed by atoms with Crippen LogP contribution in [0.25, 0.3) is 0 Å². The van der Waals surface area contributed by atoms with E-state index in [1.807, 2.05) is 4.31 Å². The zero-order valence-corrected chi connectivity index (χ0v) is 19.8. The van der Waals surface area contributed by atoms with Crippen molar-refractivity contribution in [2.24, 2.45) is 0 Å². The molecule has 0 bridgehead atoms. The average Bonchev–Trinajstić information content (AvgIpc) is 3.05. The number of aliphatic hydroxyl groups is 4. The van der Waals surface area contributed by atoms with Crippen LogP contribution >= 0.6 is 0 Å². The maximum atomic E-state index is 13.2. The van der Waals surface area contributed by atoms with E-state index in [9.17, 15) is 19.5 Å². The fourth-order valence-electron chi connectivity index (χ4n) is 3.84. The molecule has 1 fully saturated rings. The summed E-state index contributed by atoms with van der Waals surface area (Å²) in [5.74, 6) is 0. The number of unbranched alkanes of at least 4 members (excludes halogenated alkanes) is 10. The minimum atomic E-state index is -1.63. The zero-order valence-electron chi connectivity index (χ0n) is 19.0. The molecule has 7 nitrogen and oxygen atoms in total. The van der Waals surface area contributed by atoms with Crippen molar-refractivity contribution in [3.63, 3.8) is 0 Å². The van der Waals surface area contributed by atoms with E-state index in [0.717, 1.165) is 38.5 Å². The van der Waals surface area contributed by atoms with Crippen LogP contribution in [0.1, 0.15) is 90.9 Å². The van der Waals surface area contributed by atoms with Gasteiger partial charge in [-0.25, -0.2) is 8.51 Å². The molecule has 180 valence electrons. The second-order valence-electron chi connectivity index (χ2n) is 8.44. The molecule has 0 radical (unpaired) electrons. The number of aliphatic hydroxyl groups excluding tert-OH is 4. The van der Waals surface area contributed by atoms with E-state index in [4.69, 9.17) is 9.84 Å². The van der Waals surface area contributed by atoms with Gasteiger partial charge in [0, 0.05) is 13.1 Å². The molecule has 1 aliphatic heterocycles. The summed E-state index contributed by atoms with van der Waals surface area (Å²) in [5, 5.41) is 39.4. The molecule has 8 heteroatoms. The standard InChI is InChI=1S/C22H45NO6S/c1-3-5-7-9-11-13-15-23(16-14-12-10-8-6-4-2)30(28)22-20(27)19(26)21(29-22)18(25)17-24/h18-22,24-27H,3-17H2,1-2H3/t18-,19-,20-,21-,22+,30?/m1/s1. The smallest absolute Gasteiger partial charge is 0.175 e. The summed E-state index contributed by atoms with van der Waals surface area (Å²) in [6.45, 7) is 5.10. The molecule has 1 rings (SSSR count). The number of rotatable bonds is 18. The lowest BCUT2D eigenvalue weighted by Gasteiger charge is -2.26. The molecular formula is C22H45NO6S. The van der Waals surface area contributed by atoms with Gasteiger partial charge in [-0.2, -0.15) is 0 Å². The average molecular weight is 452 g/mol.